The summed E-state index contributed by atoms with van der Waals surface area (Å²) in [7, 11) is 0. The number of benzene rings is 1. The van der Waals surface area contributed by atoms with Crippen LogP contribution in [0.15, 0.2) is 30.3 Å². The van der Waals surface area contributed by atoms with Crippen LogP contribution in [-0.2, 0) is 16.1 Å². The van der Waals surface area contributed by atoms with Gasteiger partial charge < -0.3 is 10.1 Å². The minimum atomic E-state index is 0.0481. The van der Waals surface area contributed by atoms with Gasteiger partial charge >= 0.3 is 0 Å². The summed E-state index contributed by atoms with van der Waals surface area (Å²) in [5, 5.41) is 12.9. The van der Waals surface area contributed by atoms with Crippen LogP contribution in [0.25, 0.3) is 10.6 Å². The van der Waals surface area contributed by atoms with Crippen molar-refractivity contribution < 1.29 is 9.53 Å². The van der Waals surface area contributed by atoms with Crippen molar-refractivity contribution in [2.45, 2.75) is 38.3 Å². The van der Waals surface area contributed by atoms with Crippen molar-refractivity contribution in [1.29, 1.82) is 0 Å². The molecule has 0 saturated carbocycles. The molecule has 3 rings (SSSR count). The standard InChI is InChI=1S/C16H19N3O2S/c20-14(9-8-13-7-4-10-21-13)17-11-15-18-19-16(22-15)12-5-2-1-3-6-12/h1-3,5-6,13H,4,7-11H2,(H,17,20)/t13-/m0/s1. The molecule has 1 N–H and O–H groups in total. The van der Waals surface area contributed by atoms with Crippen LogP contribution >= 0.6 is 11.3 Å². The molecule has 0 bridgehead atoms. The molecule has 1 aromatic carbocycles. The molecule has 22 heavy (non-hydrogen) atoms. The fourth-order valence-electron chi connectivity index (χ4n) is 2.45. The SMILES string of the molecule is O=C(CC[C@@H]1CCCO1)NCc1nnc(-c2ccccc2)s1. The Labute approximate surface area is 133 Å². The summed E-state index contributed by atoms with van der Waals surface area (Å²) in [6.45, 7) is 1.27. The normalized spacial score (nSPS) is 17.5. The Kier molecular flexibility index (Phi) is 5.13. The van der Waals surface area contributed by atoms with Gasteiger partial charge in [0, 0.05) is 18.6 Å². The van der Waals surface area contributed by atoms with E-state index in [9.17, 15) is 4.79 Å². The van der Waals surface area contributed by atoms with Crippen LogP contribution in [0.3, 0.4) is 0 Å². The van der Waals surface area contributed by atoms with Gasteiger partial charge in [-0.3, -0.25) is 4.79 Å². The summed E-state index contributed by atoms with van der Waals surface area (Å²) in [5.41, 5.74) is 1.05. The second kappa shape index (κ2) is 7.47. The third-order valence-electron chi connectivity index (χ3n) is 3.64. The van der Waals surface area contributed by atoms with Crippen molar-refractivity contribution in [3.05, 3.63) is 35.3 Å². The zero-order chi connectivity index (χ0) is 15.2. The number of rotatable bonds is 6. The second-order valence-corrected chi connectivity index (χ2v) is 6.38. The van der Waals surface area contributed by atoms with Gasteiger partial charge in [-0.15, -0.1) is 10.2 Å². The Bertz CT molecular complexity index is 609. The van der Waals surface area contributed by atoms with E-state index < -0.39 is 0 Å². The van der Waals surface area contributed by atoms with Gasteiger partial charge in [0.05, 0.1) is 12.6 Å². The molecular formula is C16H19N3O2S. The highest BCUT2D eigenvalue weighted by atomic mass is 32.1. The van der Waals surface area contributed by atoms with Gasteiger partial charge in [0.2, 0.25) is 5.91 Å². The predicted molar refractivity (Wildman–Crippen MR) is 85.4 cm³/mol. The highest BCUT2D eigenvalue weighted by Crippen LogP contribution is 2.23. The zero-order valence-electron chi connectivity index (χ0n) is 12.3. The van der Waals surface area contributed by atoms with Crippen molar-refractivity contribution >= 4 is 17.2 Å². The number of hydrogen-bond acceptors (Lipinski definition) is 5. The van der Waals surface area contributed by atoms with Crippen LogP contribution in [-0.4, -0.2) is 28.8 Å². The lowest BCUT2D eigenvalue weighted by Crippen LogP contribution is -2.23. The van der Waals surface area contributed by atoms with E-state index in [0.29, 0.717) is 13.0 Å². The largest absolute Gasteiger partial charge is 0.378 e. The lowest BCUT2D eigenvalue weighted by molar-refractivity contribution is -0.121. The molecule has 1 atom stereocenters. The number of carbonyl (C=O) groups excluding carboxylic acids is 1. The van der Waals surface area contributed by atoms with Crippen LogP contribution < -0.4 is 5.32 Å². The number of amides is 1. The Morgan fingerprint density at radius 1 is 1.32 bits per heavy atom. The fourth-order valence-corrected chi connectivity index (χ4v) is 3.23. The summed E-state index contributed by atoms with van der Waals surface area (Å²) in [4.78, 5) is 11.8. The van der Waals surface area contributed by atoms with Crippen LogP contribution in [0.2, 0.25) is 0 Å². The van der Waals surface area contributed by atoms with Crippen molar-refractivity contribution in [2.75, 3.05) is 6.61 Å². The third kappa shape index (κ3) is 4.11. The first-order chi connectivity index (χ1) is 10.8. The van der Waals surface area contributed by atoms with E-state index in [1.807, 2.05) is 30.3 Å². The molecule has 1 aliphatic rings. The molecule has 0 spiro atoms. The first-order valence-corrected chi connectivity index (χ1v) is 8.39. The van der Waals surface area contributed by atoms with Crippen LogP contribution in [0.4, 0.5) is 0 Å². The second-order valence-electron chi connectivity index (χ2n) is 5.32. The van der Waals surface area contributed by atoms with Gasteiger partial charge in [0.1, 0.15) is 10.0 Å². The van der Waals surface area contributed by atoms with Crippen LogP contribution in [0, 0.1) is 0 Å². The molecule has 1 fully saturated rings. The Hall–Kier alpha value is -1.79. The summed E-state index contributed by atoms with van der Waals surface area (Å²) in [5.74, 6) is 0.0481. The molecule has 1 saturated heterocycles. The molecule has 1 aliphatic heterocycles. The first kappa shape index (κ1) is 15.1. The molecule has 1 aromatic heterocycles. The van der Waals surface area contributed by atoms with Crippen molar-refractivity contribution in [3.63, 3.8) is 0 Å². The third-order valence-corrected chi connectivity index (χ3v) is 4.61. The number of aromatic nitrogens is 2. The maximum atomic E-state index is 11.8. The maximum absolute atomic E-state index is 11.8. The minimum absolute atomic E-state index is 0.0481. The van der Waals surface area contributed by atoms with E-state index >= 15 is 0 Å². The monoisotopic (exact) mass is 317 g/mol. The lowest BCUT2D eigenvalue weighted by Gasteiger charge is -2.08. The smallest absolute Gasteiger partial charge is 0.220 e. The quantitative estimate of drug-likeness (QED) is 0.890. The molecule has 5 nitrogen and oxygen atoms in total. The molecule has 2 aromatic rings. The highest BCUT2D eigenvalue weighted by Gasteiger charge is 2.16. The molecule has 0 unspecified atom stereocenters. The van der Waals surface area contributed by atoms with Crippen molar-refractivity contribution in [2.24, 2.45) is 0 Å². The summed E-state index contributed by atoms with van der Waals surface area (Å²) in [6.07, 6.45) is 3.76. The van der Waals surface area contributed by atoms with Gasteiger partial charge in [0.15, 0.2) is 0 Å². The number of hydrogen-bond donors (Lipinski definition) is 1. The predicted octanol–water partition coefficient (Wildman–Crippen LogP) is 2.78. The highest BCUT2D eigenvalue weighted by molar-refractivity contribution is 7.14. The Morgan fingerprint density at radius 2 is 2.18 bits per heavy atom. The Balaban J connectivity index is 1.45. The van der Waals surface area contributed by atoms with Crippen molar-refractivity contribution in [3.8, 4) is 10.6 Å². The molecule has 2 heterocycles. The minimum Gasteiger partial charge on any atom is -0.378 e. The molecule has 0 aliphatic carbocycles. The summed E-state index contributed by atoms with van der Waals surface area (Å²) < 4.78 is 5.52. The van der Waals surface area contributed by atoms with Gasteiger partial charge in [0.25, 0.3) is 0 Å². The van der Waals surface area contributed by atoms with E-state index in [1.54, 1.807) is 0 Å². The van der Waals surface area contributed by atoms with E-state index in [1.165, 1.54) is 11.3 Å². The fraction of sp³-hybridized carbons (Fsp3) is 0.438. The van der Waals surface area contributed by atoms with E-state index in [0.717, 1.165) is 41.4 Å². The summed E-state index contributed by atoms with van der Waals surface area (Å²) >= 11 is 1.51. The summed E-state index contributed by atoms with van der Waals surface area (Å²) in [6, 6.07) is 9.93. The molecule has 1 amide bonds. The number of carbonyl (C=O) groups is 1. The number of nitrogens with one attached hydrogen (secondary N) is 1. The Morgan fingerprint density at radius 3 is 2.95 bits per heavy atom. The molecular weight excluding hydrogens is 298 g/mol. The van der Waals surface area contributed by atoms with Gasteiger partial charge in [-0.2, -0.15) is 0 Å². The molecule has 116 valence electrons. The van der Waals surface area contributed by atoms with Gasteiger partial charge in [-0.05, 0) is 19.3 Å². The van der Waals surface area contributed by atoms with Crippen LogP contribution in [0.5, 0.6) is 0 Å². The van der Waals surface area contributed by atoms with Crippen molar-refractivity contribution in [1.82, 2.24) is 15.5 Å². The van der Waals surface area contributed by atoms with E-state index in [2.05, 4.69) is 15.5 Å². The number of nitrogens with zero attached hydrogens (tertiary/aromatic N) is 2. The molecule has 6 heteroatoms. The average Bonchev–Trinajstić information content (AvgIpc) is 3.23. The van der Waals surface area contributed by atoms with E-state index in [-0.39, 0.29) is 12.0 Å². The van der Waals surface area contributed by atoms with E-state index in [4.69, 9.17) is 4.74 Å². The topological polar surface area (TPSA) is 64.1 Å². The maximum Gasteiger partial charge on any atom is 0.220 e. The number of ether oxygens (including phenoxy) is 1. The lowest BCUT2D eigenvalue weighted by atomic mass is 10.1. The zero-order valence-corrected chi connectivity index (χ0v) is 13.1. The van der Waals surface area contributed by atoms with Gasteiger partial charge in [-0.1, -0.05) is 41.7 Å². The average molecular weight is 317 g/mol. The first-order valence-electron chi connectivity index (χ1n) is 7.57. The molecule has 0 radical (unpaired) electrons. The van der Waals surface area contributed by atoms with Crippen LogP contribution in [0.1, 0.15) is 30.7 Å². The van der Waals surface area contributed by atoms with Gasteiger partial charge in [-0.25, -0.2) is 0 Å².